The first kappa shape index (κ1) is 14.4. The van der Waals surface area contributed by atoms with Crippen LogP contribution in [0.2, 0.25) is 0 Å². The van der Waals surface area contributed by atoms with Crippen LogP contribution in [-0.4, -0.2) is 18.7 Å². The summed E-state index contributed by atoms with van der Waals surface area (Å²) in [4.78, 5) is 12.6. The zero-order chi connectivity index (χ0) is 15.9. The van der Waals surface area contributed by atoms with Crippen molar-refractivity contribution in [3.8, 4) is 11.5 Å². The summed E-state index contributed by atoms with van der Waals surface area (Å²) in [6, 6.07) is 9.70. The summed E-state index contributed by atoms with van der Waals surface area (Å²) in [7, 11) is 1.65. The van der Waals surface area contributed by atoms with E-state index < -0.39 is 5.72 Å². The quantitative estimate of drug-likeness (QED) is 0.865. The number of nitrogens with one attached hydrogen (secondary N) is 1. The third-order valence-corrected chi connectivity index (χ3v) is 4.97. The number of hydrogen-bond acceptors (Lipinski definition) is 3. The average molecular weight is 311 g/mol. The fourth-order valence-corrected chi connectivity index (χ4v) is 3.71. The molecule has 120 valence electrons. The summed E-state index contributed by atoms with van der Waals surface area (Å²) >= 11 is 0. The van der Waals surface area contributed by atoms with E-state index in [4.69, 9.17) is 9.47 Å². The molecule has 23 heavy (non-hydrogen) atoms. The zero-order valence-electron chi connectivity index (χ0n) is 13.4. The maximum Gasteiger partial charge on any atom is 0.258 e. The standard InChI is InChI=1S/C19H21NO3/c1-22-14-8-6-13-7-9-15-17(16(13)12-14)23-19(20-18(15)21)10-4-2-3-5-11-19/h6-9,12H,2-5,10-11H2,1H3,(H,20,21). The monoisotopic (exact) mass is 311 g/mol. The summed E-state index contributed by atoms with van der Waals surface area (Å²) in [6.07, 6.45) is 6.33. The van der Waals surface area contributed by atoms with Gasteiger partial charge >= 0.3 is 0 Å². The maximum atomic E-state index is 12.6. The Morgan fingerprint density at radius 2 is 1.83 bits per heavy atom. The van der Waals surface area contributed by atoms with Crippen molar-refractivity contribution in [1.82, 2.24) is 5.32 Å². The van der Waals surface area contributed by atoms with Crippen molar-refractivity contribution in [1.29, 1.82) is 0 Å². The summed E-state index contributed by atoms with van der Waals surface area (Å²) in [5.41, 5.74) is 0.0680. The van der Waals surface area contributed by atoms with Gasteiger partial charge in [-0.25, -0.2) is 0 Å². The second-order valence-corrected chi connectivity index (χ2v) is 6.49. The molecule has 1 heterocycles. The number of rotatable bonds is 1. The van der Waals surface area contributed by atoms with Gasteiger partial charge in [-0.2, -0.15) is 0 Å². The van der Waals surface area contributed by atoms with Gasteiger partial charge in [-0.1, -0.05) is 25.0 Å². The minimum absolute atomic E-state index is 0.0298. The van der Waals surface area contributed by atoms with Gasteiger partial charge in [0.25, 0.3) is 5.91 Å². The van der Waals surface area contributed by atoms with E-state index in [0.717, 1.165) is 42.2 Å². The largest absolute Gasteiger partial charge is 0.497 e. The molecule has 1 aliphatic carbocycles. The van der Waals surface area contributed by atoms with Gasteiger partial charge < -0.3 is 14.8 Å². The minimum Gasteiger partial charge on any atom is -0.497 e. The molecule has 0 bridgehead atoms. The normalized spacial score (nSPS) is 19.6. The van der Waals surface area contributed by atoms with E-state index in [1.54, 1.807) is 7.11 Å². The van der Waals surface area contributed by atoms with Crippen LogP contribution in [0, 0.1) is 0 Å². The highest BCUT2D eigenvalue weighted by Gasteiger charge is 2.40. The number of ether oxygens (including phenoxy) is 2. The van der Waals surface area contributed by atoms with Crippen molar-refractivity contribution in [2.75, 3.05) is 7.11 Å². The predicted octanol–water partition coefficient (Wildman–Crippen LogP) is 4.02. The molecule has 4 nitrogen and oxygen atoms in total. The lowest BCUT2D eigenvalue weighted by molar-refractivity contribution is 0.00856. The highest BCUT2D eigenvalue weighted by Crippen LogP contribution is 2.40. The van der Waals surface area contributed by atoms with Crippen LogP contribution in [0.25, 0.3) is 10.8 Å². The van der Waals surface area contributed by atoms with Crippen LogP contribution in [0.3, 0.4) is 0 Å². The molecule has 1 saturated carbocycles. The van der Waals surface area contributed by atoms with E-state index in [1.165, 1.54) is 12.8 Å². The van der Waals surface area contributed by atoms with Crippen molar-refractivity contribution in [2.24, 2.45) is 0 Å². The fourth-order valence-electron chi connectivity index (χ4n) is 3.71. The second-order valence-electron chi connectivity index (χ2n) is 6.49. The molecule has 0 saturated heterocycles. The zero-order valence-corrected chi connectivity index (χ0v) is 13.4. The molecule has 4 heteroatoms. The Bertz CT molecular complexity index is 761. The van der Waals surface area contributed by atoms with Crippen LogP contribution in [-0.2, 0) is 0 Å². The van der Waals surface area contributed by atoms with Crippen LogP contribution in [0.5, 0.6) is 11.5 Å². The molecule has 2 aromatic carbocycles. The molecule has 1 aliphatic heterocycles. The molecule has 2 aliphatic rings. The SMILES string of the molecule is COc1ccc2ccc3c(c2c1)OC1(CCCCCC1)NC3=O. The third-order valence-electron chi connectivity index (χ3n) is 4.97. The maximum absolute atomic E-state index is 12.6. The number of carbonyl (C=O) groups excluding carboxylic acids is 1. The van der Waals surface area contributed by atoms with Gasteiger partial charge in [-0.15, -0.1) is 0 Å². The topological polar surface area (TPSA) is 47.6 Å². The van der Waals surface area contributed by atoms with Crippen LogP contribution >= 0.6 is 0 Å². The molecule has 1 amide bonds. The number of carbonyl (C=O) groups is 1. The van der Waals surface area contributed by atoms with Gasteiger partial charge in [0.2, 0.25) is 0 Å². The first-order chi connectivity index (χ1) is 11.2. The highest BCUT2D eigenvalue weighted by atomic mass is 16.5. The number of amides is 1. The molecular weight excluding hydrogens is 290 g/mol. The Balaban J connectivity index is 1.86. The Hall–Kier alpha value is -2.23. The number of methoxy groups -OCH3 is 1. The molecule has 1 spiro atoms. The first-order valence-corrected chi connectivity index (χ1v) is 8.33. The predicted molar refractivity (Wildman–Crippen MR) is 89.0 cm³/mol. The summed E-state index contributed by atoms with van der Waals surface area (Å²) < 4.78 is 11.8. The van der Waals surface area contributed by atoms with Gasteiger partial charge in [0.05, 0.1) is 12.7 Å². The van der Waals surface area contributed by atoms with Gasteiger partial charge in [-0.3, -0.25) is 4.79 Å². The van der Waals surface area contributed by atoms with Crippen molar-refractivity contribution in [3.05, 3.63) is 35.9 Å². The van der Waals surface area contributed by atoms with Gasteiger partial charge in [0.1, 0.15) is 11.5 Å². The number of hydrogen-bond donors (Lipinski definition) is 1. The number of benzene rings is 2. The van der Waals surface area contributed by atoms with E-state index in [0.29, 0.717) is 11.3 Å². The molecule has 0 aromatic heterocycles. The van der Waals surface area contributed by atoms with Crippen LogP contribution in [0.4, 0.5) is 0 Å². The van der Waals surface area contributed by atoms with E-state index >= 15 is 0 Å². The molecule has 1 N–H and O–H groups in total. The molecule has 2 aromatic rings. The lowest BCUT2D eigenvalue weighted by atomic mass is 9.97. The Kier molecular flexibility index (Phi) is 3.40. The molecule has 0 radical (unpaired) electrons. The highest BCUT2D eigenvalue weighted by molar-refractivity contribution is 6.05. The van der Waals surface area contributed by atoms with E-state index in [-0.39, 0.29) is 5.91 Å². The third kappa shape index (κ3) is 2.42. The Labute approximate surface area is 135 Å². The lowest BCUT2D eigenvalue weighted by Crippen LogP contribution is -2.55. The lowest BCUT2D eigenvalue weighted by Gasteiger charge is -2.39. The summed E-state index contributed by atoms with van der Waals surface area (Å²) in [5, 5.41) is 5.13. The van der Waals surface area contributed by atoms with Gasteiger partial charge in [0, 0.05) is 18.2 Å². The van der Waals surface area contributed by atoms with Crippen molar-refractivity contribution < 1.29 is 14.3 Å². The first-order valence-electron chi connectivity index (χ1n) is 8.33. The van der Waals surface area contributed by atoms with Crippen molar-refractivity contribution in [2.45, 2.75) is 44.2 Å². The van der Waals surface area contributed by atoms with Crippen molar-refractivity contribution in [3.63, 3.8) is 0 Å². The van der Waals surface area contributed by atoms with E-state index in [1.807, 2.05) is 30.3 Å². The minimum atomic E-state index is -0.544. The molecule has 0 atom stereocenters. The van der Waals surface area contributed by atoms with Crippen LogP contribution < -0.4 is 14.8 Å². The smallest absolute Gasteiger partial charge is 0.258 e. The Morgan fingerprint density at radius 3 is 2.57 bits per heavy atom. The second kappa shape index (κ2) is 5.44. The summed E-state index contributed by atoms with van der Waals surface area (Å²) in [5.74, 6) is 1.44. The van der Waals surface area contributed by atoms with E-state index in [2.05, 4.69) is 5.32 Å². The average Bonchev–Trinajstić information content (AvgIpc) is 2.79. The van der Waals surface area contributed by atoms with Gasteiger partial charge in [0.15, 0.2) is 5.72 Å². The molecular formula is C19H21NO3. The van der Waals surface area contributed by atoms with E-state index in [9.17, 15) is 4.79 Å². The van der Waals surface area contributed by atoms with Gasteiger partial charge in [-0.05, 0) is 36.4 Å². The summed E-state index contributed by atoms with van der Waals surface area (Å²) in [6.45, 7) is 0. The Morgan fingerprint density at radius 1 is 1.09 bits per heavy atom. The molecule has 1 fully saturated rings. The van der Waals surface area contributed by atoms with Crippen LogP contribution in [0.1, 0.15) is 48.9 Å². The molecule has 4 rings (SSSR count). The fraction of sp³-hybridized carbons (Fsp3) is 0.421. The van der Waals surface area contributed by atoms with Crippen molar-refractivity contribution >= 4 is 16.7 Å². The molecule has 0 unspecified atom stereocenters. The van der Waals surface area contributed by atoms with Crippen LogP contribution in [0.15, 0.2) is 30.3 Å². The number of fused-ring (bicyclic) bond motifs is 3.